The zero-order valence-corrected chi connectivity index (χ0v) is 7.12. The molecule has 1 nitrogen and oxygen atoms in total. The van der Waals surface area contributed by atoms with Crippen molar-refractivity contribution in [2.45, 2.75) is 38.5 Å². The van der Waals surface area contributed by atoms with Crippen LogP contribution in [-0.4, -0.2) is 0 Å². The van der Waals surface area contributed by atoms with E-state index in [-0.39, 0.29) is 12.4 Å². The summed E-state index contributed by atoms with van der Waals surface area (Å²) in [5, 5.41) is 0. The molecule has 0 spiro atoms. The Morgan fingerprint density at radius 1 is 1.10 bits per heavy atom. The highest BCUT2D eigenvalue weighted by molar-refractivity contribution is 5.85. The lowest BCUT2D eigenvalue weighted by Crippen LogP contribution is -1.98. The van der Waals surface area contributed by atoms with Crippen molar-refractivity contribution in [1.82, 2.24) is 0 Å². The standard InChI is InChI=1S/C8H15N.ClH/c9-8-6-4-2-1-3-5-7-8;/h6H,1-5,7,9H2;1H. The number of hydrogen-bond donors (Lipinski definition) is 1. The molecule has 0 saturated carbocycles. The zero-order valence-electron chi connectivity index (χ0n) is 6.31. The van der Waals surface area contributed by atoms with Gasteiger partial charge in [-0.1, -0.05) is 18.9 Å². The topological polar surface area (TPSA) is 26.0 Å². The van der Waals surface area contributed by atoms with Crippen LogP contribution in [0.2, 0.25) is 0 Å². The van der Waals surface area contributed by atoms with Gasteiger partial charge in [-0.15, -0.1) is 12.4 Å². The summed E-state index contributed by atoms with van der Waals surface area (Å²) >= 11 is 0. The molecule has 1 aliphatic carbocycles. The maximum absolute atomic E-state index is 5.67. The molecule has 0 heterocycles. The van der Waals surface area contributed by atoms with Gasteiger partial charge in [-0.25, -0.2) is 0 Å². The second-order valence-corrected chi connectivity index (χ2v) is 2.73. The van der Waals surface area contributed by atoms with Crippen molar-refractivity contribution in [3.63, 3.8) is 0 Å². The minimum atomic E-state index is 0. The van der Waals surface area contributed by atoms with E-state index in [2.05, 4.69) is 6.08 Å². The molecule has 0 amide bonds. The van der Waals surface area contributed by atoms with Gasteiger partial charge in [-0.05, 0) is 25.7 Å². The van der Waals surface area contributed by atoms with Crippen molar-refractivity contribution >= 4 is 12.4 Å². The van der Waals surface area contributed by atoms with E-state index in [0.717, 1.165) is 12.1 Å². The maximum atomic E-state index is 5.67. The van der Waals surface area contributed by atoms with Gasteiger partial charge < -0.3 is 5.73 Å². The van der Waals surface area contributed by atoms with Crippen LogP contribution in [0.1, 0.15) is 38.5 Å². The molecular formula is C8H16ClN. The third-order valence-electron chi connectivity index (χ3n) is 1.83. The largest absolute Gasteiger partial charge is 0.402 e. The van der Waals surface area contributed by atoms with Crippen LogP contribution in [0.25, 0.3) is 0 Å². The number of hydrogen-bond acceptors (Lipinski definition) is 1. The van der Waals surface area contributed by atoms with E-state index in [9.17, 15) is 0 Å². The van der Waals surface area contributed by atoms with Crippen molar-refractivity contribution < 1.29 is 0 Å². The molecule has 1 rings (SSSR count). The van der Waals surface area contributed by atoms with Crippen LogP contribution in [0.15, 0.2) is 11.8 Å². The fraction of sp³-hybridized carbons (Fsp3) is 0.750. The highest BCUT2D eigenvalue weighted by Crippen LogP contribution is 2.12. The number of halogens is 1. The summed E-state index contributed by atoms with van der Waals surface area (Å²) < 4.78 is 0. The van der Waals surface area contributed by atoms with E-state index in [0.29, 0.717) is 0 Å². The number of rotatable bonds is 0. The first-order valence-corrected chi connectivity index (χ1v) is 3.84. The molecule has 0 radical (unpaired) electrons. The van der Waals surface area contributed by atoms with Gasteiger partial charge in [0, 0.05) is 5.70 Å². The number of nitrogens with two attached hydrogens (primary N) is 1. The Balaban J connectivity index is 0.000000810. The average Bonchev–Trinajstić information content (AvgIpc) is 1.79. The van der Waals surface area contributed by atoms with E-state index in [4.69, 9.17) is 5.73 Å². The quantitative estimate of drug-likeness (QED) is 0.581. The van der Waals surface area contributed by atoms with Gasteiger partial charge in [-0.3, -0.25) is 0 Å². The molecule has 0 aromatic carbocycles. The lowest BCUT2D eigenvalue weighted by Gasteiger charge is -2.05. The Hall–Kier alpha value is -0.170. The molecule has 0 bridgehead atoms. The highest BCUT2D eigenvalue weighted by atomic mass is 35.5. The summed E-state index contributed by atoms with van der Waals surface area (Å²) in [6.07, 6.45) is 9.90. The van der Waals surface area contributed by atoms with E-state index < -0.39 is 0 Å². The van der Waals surface area contributed by atoms with Crippen molar-refractivity contribution in [3.05, 3.63) is 11.8 Å². The van der Waals surface area contributed by atoms with Crippen LogP contribution in [0.5, 0.6) is 0 Å². The lowest BCUT2D eigenvalue weighted by molar-refractivity contribution is 0.622. The fourth-order valence-corrected chi connectivity index (χ4v) is 1.22. The van der Waals surface area contributed by atoms with Crippen molar-refractivity contribution in [2.75, 3.05) is 0 Å². The van der Waals surface area contributed by atoms with Gasteiger partial charge >= 0.3 is 0 Å². The van der Waals surface area contributed by atoms with E-state index in [1.807, 2.05) is 0 Å². The van der Waals surface area contributed by atoms with Gasteiger partial charge in [0.05, 0.1) is 0 Å². The molecular weight excluding hydrogens is 146 g/mol. The van der Waals surface area contributed by atoms with Crippen molar-refractivity contribution in [3.8, 4) is 0 Å². The Labute approximate surface area is 69.1 Å². The first-order chi connectivity index (χ1) is 4.39. The Morgan fingerprint density at radius 2 is 1.80 bits per heavy atom. The smallest absolute Gasteiger partial charge is 0.00399 e. The van der Waals surface area contributed by atoms with Crippen molar-refractivity contribution in [1.29, 1.82) is 0 Å². The summed E-state index contributed by atoms with van der Waals surface area (Å²) in [4.78, 5) is 0. The minimum Gasteiger partial charge on any atom is -0.402 e. The Bertz CT molecular complexity index is 110. The molecule has 2 heteroatoms. The van der Waals surface area contributed by atoms with Gasteiger partial charge in [0.2, 0.25) is 0 Å². The highest BCUT2D eigenvalue weighted by Gasteiger charge is 1.96. The van der Waals surface area contributed by atoms with Crippen LogP contribution < -0.4 is 5.73 Å². The predicted octanol–water partition coefficient (Wildman–Crippen LogP) is 2.61. The summed E-state index contributed by atoms with van der Waals surface area (Å²) in [7, 11) is 0. The monoisotopic (exact) mass is 161 g/mol. The Morgan fingerprint density at radius 3 is 2.60 bits per heavy atom. The Kier molecular flexibility index (Phi) is 5.51. The van der Waals surface area contributed by atoms with Gasteiger partial charge in [0.15, 0.2) is 0 Å². The van der Waals surface area contributed by atoms with Gasteiger partial charge in [0.25, 0.3) is 0 Å². The van der Waals surface area contributed by atoms with E-state index in [1.165, 1.54) is 32.1 Å². The summed E-state index contributed by atoms with van der Waals surface area (Å²) in [6.45, 7) is 0. The first-order valence-electron chi connectivity index (χ1n) is 3.84. The second-order valence-electron chi connectivity index (χ2n) is 2.73. The van der Waals surface area contributed by atoms with Gasteiger partial charge in [0.1, 0.15) is 0 Å². The molecule has 0 fully saturated rings. The van der Waals surface area contributed by atoms with E-state index >= 15 is 0 Å². The van der Waals surface area contributed by atoms with Crippen molar-refractivity contribution in [2.24, 2.45) is 5.73 Å². The van der Waals surface area contributed by atoms with E-state index in [1.54, 1.807) is 0 Å². The molecule has 2 N–H and O–H groups in total. The van der Waals surface area contributed by atoms with Crippen LogP contribution in [0, 0.1) is 0 Å². The van der Waals surface area contributed by atoms with Gasteiger partial charge in [-0.2, -0.15) is 0 Å². The maximum Gasteiger partial charge on any atom is 0.00399 e. The minimum absolute atomic E-state index is 0. The molecule has 60 valence electrons. The van der Waals surface area contributed by atoms with Crippen LogP contribution in [0.4, 0.5) is 0 Å². The van der Waals surface area contributed by atoms with Crippen LogP contribution >= 0.6 is 12.4 Å². The SMILES string of the molecule is Cl.NC1=CCCCCCC1. The molecule has 0 unspecified atom stereocenters. The first kappa shape index (κ1) is 9.83. The lowest BCUT2D eigenvalue weighted by atomic mass is 10.0. The molecule has 0 saturated heterocycles. The fourth-order valence-electron chi connectivity index (χ4n) is 1.22. The molecule has 0 aromatic rings. The molecule has 0 atom stereocenters. The number of allylic oxidation sites excluding steroid dienone is 2. The average molecular weight is 162 g/mol. The van der Waals surface area contributed by atoms with Crippen LogP contribution in [0.3, 0.4) is 0 Å². The zero-order chi connectivity index (χ0) is 6.53. The predicted molar refractivity (Wildman–Crippen MR) is 47.2 cm³/mol. The molecule has 0 aliphatic heterocycles. The summed E-state index contributed by atoms with van der Waals surface area (Å²) in [6, 6.07) is 0. The molecule has 1 aliphatic rings. The molecule has 10 heavy (non-hydrogen) atoms. The summed E-state index contributed by atoms with van der Waals surface area (Å²) in [5.74, 6) is 0. The molecule has 0 aromatic heterocycles. The van der Waals surface area contributed by atoms with Crippen LogP contribution in [-0.2, 0) is 0 Å². The third kappa shape index (κ3) is 3.78. The summed E-state index contributed by atoms with van der Waals surface area (Å²) in [5.41, 5.74) is 6.77. The third-order valence-corrected chi connectivity index (χ3v) is 1.83. The normalized spacial score (nSPS) is 19.8. The second kappa shape index (κ2) is 5.60.